The Bertz CT molecular complexity index is 883. The minimum absolute atomic E-state index is 0.203. The summed E-state index contributed by atoms with van der Waals surface area (Å²) in [6.07, 6.45) is 3.31. The number of benzene rings is 2. The molecule has 0 aliphatic heterocycles. The van der Waals surface area contributed by atoms with Crippen molar-refractivity contribution < 1.29 is 8.78 Å². The third-order valence-electron chi connectivity index (χ3n) is 2.99. The van der Waals surface area contributed by atoms with E-state index in [-0.39, 0.29) is 11.2 Å². The van der Waals surface area contributed by atoms with Gasteiger partial charge in [-0.3, -0.25) is 4.79 Å². The van der Waals surface area contributed by atoms with Crippen molar-refractivity contribution in [3.8, 4) is 0 Å². The van der Waals surface area contributed by atoms with Crippen molar-refractivity contribution in [1.29, 1.82) is 0 Å². The second-order valence-electron chi connectivity index (χ2n) is 4.50. The molecule has 0 atom stereocenters. The van der Waals surface area contributed by atoms with Gasteiger partial charge in [-0.1, -0.05) is 18.2 Å². The van der Waals surface area contributed by atoms with Gasteiger partial charge in [0.1, 0.15) is 17.5 Å². The van der Waals surface area contributed by atoms with Crippen molar-refractivity contribution in [2.45, 2.75) is 0 Å². The molecule has 0 radical (unpaired) electrons. The van der Waals surface area contributed by atoms with Crippen LogP contribution in [0.3, 0.4) is 0 Å². The zero-order valence-electron chi connectivity index (χ0n) is 10.8. The van der Waals surface area contributed by atoms with Gasteiger partial charge in [-0.05, 0) is 42.0 Å². The summed E-state index contributed by atoms with van der Waals surface area (Å²) in [6.45, 7) is 0. The lowest BCUT2D eigenvalue weighted by molar-refractivity contribution is 0.627. The van der Waals surface area contributed by atoms with Crippen molar-refractivity contribution in [2.75, 3.05) is 0 Å². The molecule has 3 aromatic rings. The summed E-state index contributed by atoms with van der Waals surface area (Å²) in [6, 6.07) is 9.77. The first kappa shape index (κ1) is 13.2. The van der Waals surface area contributed by atoms with Crippen molar-refractivity contribution in [2.24, 2.45) is 0 Å². The fourth-order valence-corrected chi connectivity index (χ4v) is 1.96. The van der Waals surface area contributed by atoms with Gasteiger partial charge in [0.25, 0.3) is 5.56 Å². The average molecular weight is 284 g/mol. The number of rotatable bonds is 2. The van der Waals surface area contributed by atoms with E-state index in [0.717, 1.165) is 11.6 Å². The van der Waals surface area contributed by atoms with Crippen LogP contribution < -0.4 is 5.56 Å². The molecule has 1 aromatic heterocycles. The van der Waals surface area contributed by atoms with E-state index in [1.807, 2.05) is 0 Å². The zero-order chi connectivity index (χ0) is 14.8. The van der Waals surface area contributed by atoms with Crippen molar-refractivity contribution in [3.63, 3.8) is 0 Å². The van der Waals surface area contributed by atoms with Crippen LogP contribution in [0.1, 0.15) is 11.4 Å². The number of aromatic amines is 1. The molecule has 0 saturated carbocycles. The van der Waals surface area contributed by atoms with E-state index in [1.165, 1.54) is 24.3 Å². The zero-order valence-corrected chi connectivity index (χ0v) is 10.8. The summed E-state index contributed by atoms with van der Waals surface area (Å²) >= 11 is 0. The van der Waals surface area contributed by atoms with Gasteiger partial charge in [-0.2, -0.15) is 0 Å². The Morgan fingerprint density at radius 3 is 2.43 bits per heavy atom. The van der Waals surface area contributed by atoms with Crippen LogP contribution in [0.25, 0.3) is 23.1 Å². The summed E-state index contributed by atoms with van der Waals surface area (Å²) in [7, 11) is 0. The molecule has 104 valence electrons. The van der Waals surface area contributed by atoms with Gasteiger partial charge in [0.15, 0.2) is 0 Å². The standard InChI is InChI=1S/C16H10F2N2O/c17-11-4-1-10(2-5-11)3-8-15-19-14-7-6-12(18)9-13(14)16(21)20-15/h1-9H,(H,19,20,21). The first-order valence-electron chi connectivity index (χ1n) is 6.25. The Morgan fingerprint density at radius 2 is 1.67 bits per heavy atom. The molecule has 5 heteroatoms. The number of hydrogen-bond donors (Lipinski definition) is 1. The van der Waals surface area contributed by atoms with Crippen molar-refractivity contribution in [1.82, 2.24) is 9.97 Å². The minimum Gasteiger partial charge on any atom is -0.306 e. The number of fused-ring (bicyclic) bond motifs is 1. The first-order valence-corrected chi connectivity index (χ1v) is 6.25. The van der Waals surface area contributed by atoms with Gasteiger partial charge in [0.2, 0.25) is 0 Å². The monoisotopic (exact) mass is 284 g/mol. The lowest BCUT2D eigenvalue weighted by atomic mass is 10.2. The topological polar surface area (TPSA) is 45.8 Å². The smallest absolute Gasteiger partial charge is 0.259 e. The van der Waals surface area contributed by atoms with E-state index >= 15 is 0 Å². The number of hydrogen-bond acceptors (Lipinski definition) is 2. The van der Waals surface area contributed by atoms with Gasteiger partial charge in [-0.15, -0.1) is 0 Å². The highest BCUT2D eigenvalue weighted by Gasteiger charge is 2.03. The summed E-state index contributed by atoms with van der Waals surface area (Å²) < 4.78 is 25.9. The molecule has 0 bridgehead atoms. The van der Waals surface area contributed by atoms with Gasteiger partial charge < -0.3 is 4.98 Å². The molecule has 0 unspecified atom stereocenters. The van der Waals surface area contributed by atoms with Crippen LogP contribution in [0, 0.1) is 11.6 Å². The Balaban J connectivity index is 1.99. The molecule has 0 amide bonds. The van der Waals surface area contributed by atoms with E-state index in [0.29, 0.717) is 11.3 Å². The normalized spacial score (nSPS) is 11.3. The molecule has 0 aliphatic rings. The van der Waals surface area contributed by atoms with E-state index in [1.54, 1.807) is 24.3 Å². The largest absolute Gasteiger partial charge is 0.306 e. The van der Waals surface area contributed by atoms with E-state index in [9.17, 15) is 13.6 Å². The quantitative estimate of drug-likeness (QED) is 0.784. The van der Waals surface area contributed by atoms with E-state index in [2.05, 4.69) is 9.97 Å². The molecule has 21 heavy (non-hydrogen) atoms. The molecule has 0 aliphatic carbocycles. The molecule has 1 N–H and O–H groups in total. The second-order valence-corrected chi connectivity index (χ2v) is 4.50. The fourth-order valence-electron chi connectivity index (χ4n) is 1.96. The SMILES string of the molecule is O=c1[nH]c(C=Cc2ccc(F)cc2)nc2ccc(F)cc12. The highest BCUT2D eigenvalue weighted by Crippen LogP contribution is 2.11. The van der Waals surface area contributed by atoms with Gasteiger partial charge in [-0.25, -0.2) is 13.8 Å². The number of H-pyrrole nitrogens is 1. The molecule has 3 nitrogen and oxygen atoms in total. The van der Waals surface area contributed by atoms with Gasteiger partial charge in [0, 0.05) is 0 Å². The maximum atomic E-state index is 13.1. The minimum atomic E-state index is -0.482. The Kier molecular flexibility index (Phi) is 3.31. The predicted molar refractivity (Wildman–Crippen MR) is 77.6 cm³/mol. The fraction of sp³-hybridized carbons (Fsp3) is 0. The summed E-state index contributed by atoms with van der Waals surface area (Å²) in [5.41, 5.74) is 0.787. The van der Waals surface area contributed by atoms with Crippen LogP contribution in [0.4, 0.5) is 8.78 Å². The molecule has 1 heterocycles. The summed E-state index contributed by atoms with van der Waals surface area (Å²) in [4.78, 5) is 18.7. The lowest BCUT2D eigenvalue weighted by Crippen LogP contribution is -2.09. The van der Waals surface area contributed by atoms with E-state index in [4.69, 9.17) is 0 Å². The summed E-state index contributed by atoms with van der Waals surface area (Å²) in [5, 5.41) is 0.203. The molecular weight excluding hydrogens is 274 g/mol. The third-order valence-corrected chi connectivity index (χ3v) is 2.99. The van der Waals surface area contributed by atoms with Gasteiger partial charge >= 0.3 is 0 Å². The van der Waals surface area contributed by atoms with Crippen LogP contribution in [0.5, 0.6) is 0 Å². The number of aromatic nitrogens is 2. The molecule has 0 spiro atoms. The van der Waals surface area contributed by atoms with Crippen LogP contribution in [0.2, 0.25) is 0 Å². The molecule has 3 rings (SSSR count). The first-order chi connectivity index (χ1) is 10.1. The maximum Gasteiger partial charge on any atom is 0.259 e. The highest BCUT2D eigenvalue weighted by molar-refractivity contribution is 5.79. The Morgan fingerprint density at radius 1 is 0.952 bits per heavy atom. The van der Waals surface area contributed by atoms with Crippen LogP contribution >= 0.6 is 0 Å². The number of halogens is 2. The Hall–Kier alpha value is -2.82. The predicted octanol–water partition coefficient (Wildman–Crippen LogP) is 3.37. The molecular formula is C16H10F2N2O. The van der Waals surface area contributed by atoms with E-state index < -0.39 is 11.4 Å². The lowest BCUT2D eigenvalue weighted by Gasteiger charge is -1.99. The van der Waals surface area contributed by atoms with Crippen LogP contribution in [-0.2, 0) is 0 Å². The third kappa shape index (κ3) is 2.86. The Labute approximate surface area is 118 Å². The highest BCUT2D eigenvalue weighted by atomic mass is 19.1. The molecule has 0 saturated heterocycles. The second kappa shape index (κ2) is 5.28. The number of nitrogens with zero attached hydrogens (tertiary/aromatic N) is 1. The van der Waals surface area contributed by atoms with Crippen LogP contribution in [-0.4, -0.2) is 9.97 Å². The van der Waals surface area contributed by atoms with Gasteiger partial charge in [0.05, 0.1) is 10.9 Å². The average Bonchev–Trinajstić information content (AvgIpc) is 2.47. The summed E-state index contributed by atoms with van der Waals surface area (Å²) in [5.74, 6) is -0.445. The van der Waals surface area contributed by atoms with Crippen molar-refractivity contribution >= 4 is 23.1 Å². The number of nitrogens with one attached hydrogen (secondary N) is 1. The maximum absolute atomic E-state index is 13.1. The van der Waals surface area contributed by atoms with Crippen molar-refractivity contribution in [3.05, 3.63) is 75.8 Å². The molecule has 0 fully saturated rings. The molecule has 2 aromatic carbocycles. The van der Waals surface area contributed by atoms with Crippen LogP contribution in [0.15, 0.2) is 47.3 Å².